The number of anilines is 1. The summed E-state index contributed by atoms with van der Waals surface area (Å²) in [6.45, 7) is 0. The molecule has 0 atom stereocenters. The molecule has 0 aliphatic rings. The number of nitrogens with zero attached hydrogens (tertiary/aromatic N) is 1. The van der Waals surface area contributed by atoms with Crippen molar-refractivity contribution in [2.45, 2.75) is 0 Å². The van der Waals surface area contributed by atoms with Crippen molar-refractivity contribution in [3.05, 3.63) is 47.7 Å². The van der Waals surface area contributed by atoms with Gasteiger partial charge in [0.1, 0.15) is 17.3 Å². The van der Waals surface area contributed by atoms with Gasteiger partial charge >= 0.3 is 5.97 Å². The zero-order chi connectivity index (χ0) is 15.4. The zero-order valence-corrected chi connectivity index (χ0v) is 11.0. The number of carbonyl (C=O) groups is 2. The first-order chi connectivity index (χ1) is 10.0. The highest BCUT2D eigenvalue weighted by Gasteiger charge is 2.14. The lowest BCUT2D eigenvalue weighted by Gasteiger charge is -2.08. The molecule has 0 aliphatic carbocycles. The molecule has 7 heteroatoms. The zero-order valence-electron chi connectivity index (χ0n) is 11.0. The Hall–Kier alpha value is -3.09. The van der Waals surface area contributed by atoms with Gasteiger partial charge in [0.15, 0.2) is 5.69 Å². The van der Waals surface area contributed by atoms with Gasteiger partial charge in [0.2, 0.25) is 0 Å². The van der Waals surface area contributed by atoms with Crippen molar-refractivity contribution in [2.24, 2.45) is 0 Å². The fraction of sp³-hybridized carbons (Fsp3) is 0.0714. The van der Waals surface area contributed by atoms with Crippen molar-refractivity contribution in [1.82, 2.24) is 4.98 Å². The van der Waals surface area contributed by atoms with E-state index in [2.05, 4.69) is 10.3 Å². The fourth-order valence-electron chi connectivity index (χ4n) is 1.63. The normalized spacial score (nSPS) is 9.95. The van der Waals surface area contributed by atoms with Crippen LogP contribution in [-0.4, -0.2) is 34.2 Å². The Morgan fingerprint density at radius 1 is 1.24 bits per heavy atom. The molecule has 21 heavy (non-hydrogen) atoms. The molecule has 1 aromatic heterocycles. The van der Waals surface area contributed by atoms with E-state index in [0.717, 1.165) is 0 Å². The monoisotopic (exact) mass is 288 g/mol. The standard InChI is InChI=1S/C14H12N2O5/c1-21-8-5-6-11(17)9(7-8)13(18)16-12-4-2-3-10(15-12)14(19)20/h2-7,17H,1H3,(H,19,20)(H,15,16,18). The third-order valence-electron chi connectivity index (χ3n) is 2.66. The third-order valence-corrected chi connectivity index (χ3v) is 2.66. The lowest BCUT2D eigenvalue weighted by molar-refractivity contribution is 0.0690. The number of ether oxygens (including phenoxy) is 1. The lowest BCUT2D eigenvalue weighted by Crippen LogP contribution is -2.14. The Balaban J connectivity index is 2.25. The molecular formula is C14H12N2O5. The number of amides is 1. The number of rotatable bonds is 4. The molecule has 0 bridgehead atoms. The van der Waals surface area contributed by atoms with E-state index in [4.69, 9.17) is 9.84 Å². The van der Waals surface area contributed by atoms with E-state index in [-0.39, 0.29) is 22.8 Å². The van der Waals surface area contributed by atoms with Gasteiger partial charge in [0, 0.05) is 0 Å². The van der Waals surface area contributed by atoms with E-state index in [1.54, 1.807) is 0 Å². The molecule has 0 saturated heterocycles. The molecule has 1 heterocycles. The van der Waals surface area contributed by atoms with Crippen molar-refractivity contribution < 1.29 is 24.5 Å². The van der Waals surface area contributed by atoms with Crippen LogP contribution in [0.3, 0.4) is 0 Å². The summed E-state index contributed by atoms with van der Waals surface area (Å²) in [7, 11) is 1.44. The molecule has 0 aliphatic heterocycles. The second-order valence-electron chi connectivity index (χ2n) is 4.05. The highest BCUT2D eigenvalue weighted by atomic mass is 16.5. The van der Waals surface area contributed by atoms with Crippen LogP contribution in [0.5, 0.6) is 11.5 Å². The van der Waals surface area contributed by atoms with Gasteiger partial charge in [-0.05, 0) is 30.3 Å². The van der Waals surface area contributed by atoms with Gasteiger partial charge in [-0.25, -0.2) is 9.78 Å². The molecule has 0 saturated carbocycles. The minimum Gasteiger partial charge on any atom is -0.507 e. The van der Waals surface area contributed by atoms with E-state index >= 15 is 0 Å². The van der Waals surface area contributed by atoms with Gasteiger partial charge in [-0.2, -0.15) is 0 Å². The maximum atomic E-state index is 12.1. The van der Waals surface area contributed by atoms with Gasteiger partial charge < -0.3 is 20.3 Å². The number of carboxylic acids is 1. The van der Waals surface area contributed by atoms with Crippen LogP contribution in [0.25, 0.3) is 0 Å². The number of hydrogen-bond acceptors (Lipinski definition) is 5. The minimum absolute atomic E-state index is 0.00289. The number of aromatic hydroxyl groups is 1. The number of methoxy groups -OCH3 is 1. The van der Waals surface area contributed by atoms with E-state index in [1.807, 2.05) is 0 Å². The number of carboxylic acid groups (broad SMARTS) is 1. The molecule has 108 valence electrons. The topological polar surface area (TPSA) is 109 Å². The maximum absolute atomic E-state index is 12.1. The average Bonchev–Trinajstić information content (AvgIpc) is 2.48. The number of carbonyl (C=O) groups excluding carboxylic acids is 1. The number of phenolic OH excluding ortho intramolecular Hbond substituents is 1. The first-order valence-electron chi connectivity index (χ1n) is 5.90. The summed E-state index contributed by atoms with van der Waals surface area (Å²) in [5.74, 6) is -1.56. The number of aromatic carboxylic acids is 1. The molecule has 0 radical (unpaired) electrons. The van der Waals surface area contributed by atoms with Crippen LogP contribution in [0.4, 0.5) is 5.82 Å². The summed E-state index contributed by atoms with van der Waals surface area (Å²) in [6.07, 6.45) is 0. The number of benzene rings is 1. The number of nitrogens with one attached hydrogen (secondary N) is 1. The van der Waals surface area contributed by atoms with Gasteiger partial charge in [-0.15, -0.1) is 0 Å². The molecular weight excluding hydrogens is 276 g/mol. The van der Waals surface area contributed by atoms with Crippen LogP contribution in [-0.2, 0) is 0 Å². The van der Waals surface area contributed by atoms with Gasteiger partial charge in [-0.1, -0.05) is 6.07 Å². The van der Waals surface area contributed by atoms with Crippen LogP contribution in [0, 0.1) is 0 Å². The molecule has 7 nitrogen and oxygen atoms in total. The molecule has 0 unspecified atom stereocenters. The first-order valence-corrected chi connectivity index (χ1v) is 5.90. The molecule has 0 spiro atoms. The summed E-state index contributed by atoms with van der Waals surface area (Å²) in [4.78, 5) is 26.7. The quantitative estimate of drug-likeness (QED) is 0.790. The number of phenols is 1. The Kier molecular flexibility index (Phi) is 4.03. The predicted molar refractivity (Wildman–Crippen MR) is 73.8 cm³/mol. The molecule has 3 N–H and O–H groups in total. The molecule has 1 amide bonds. The third kappa shape index (κ3) is 3.27. The largest absolute Gasteiger partial charge is 0.507 e. The number of pyridine rings is 1. The van der Waals surface area contributed by atoms with E-state index in [9.17, 15) is 14.7 Å². The summed E-state index contributed by atoms with van der Waals surface area (Å²) < 4.78 is 4.98. The van der Waals surface area contributed by atoms with E-state index in [0.29, 0.717) is 5.75 Å². The number of hydrogen-bond donors (Lipinski definition) is 3. The Morgan fingerprint density at radius 2 is 2.00 bits per heavy atom. The summed E-state index contributed by atoms with van der Waals surface area (Å²) in [5, 5.41) is 20.9. The highest BCUT2D eigenvalue weighted by Crippen LogP contribution is 2.23. The van der Waals surface area contributed by atoms with Crippen molar-refractivity contribution in [2.75, 3.05) is 12.4 Å². The van der Waals surface area contributed by atoms with Crippen LogP contribution in [0.1, 0.15) is 20.8 Å². The van der Waals surface area contributed by atoms with Crippen molar-refractivity contribution in [3.63, 3.8) is 0 Å². The van der Waals surface area contributed by atoms with Crippen molar-refractivity contribution in [3.8, 4) is 11.5 Å². The average molecular weight is 288 g/mol. The van der Waals surface area contributed by atoms with Gasteiger partial charge in [0.25, 0.3) is 5.91 Å². The predicted octanol–water partition coefficient (Wildman–Crippen LogP) is 1.75. The molecule has 0 fully saturated rings. The van der Waals surface area contributed by atoms with E-state index in [1.165, 1.54) is 43.5 Å². The second-order valence-corrected chi connectivity index (χ2v) is 4.05. The smallest absolute Gasteiger partial charge is 0.354 e. The van der Waals surface area contributed by atoms with Crippen LogP contribution < -0.4 is 10.1 Å². The summed E-state index contributed by atoms with van der Waals surface area (Å²) in [5.41, 5.74) is -0.195. The van der Waals surface area contributed by atoms with Crippen molar-refractivity contribution >= 4 is 17.7 Å². The lowest BCUT2D eigenvalue weighted by atomic mass is 10.1. The van der Waals surface area contributed by atoms with Gasteiger partial charge in [-0.3, -0.25) is 4.79 Å². The van der Waals surface area contributed by atoms with Crippen LogP contribution in [0.15, 0.2) is 36.4 Å². The highest BCUT2D eigenvalue weighted by molar-refractivity contribution is 6.06. The molecule has 1 aromatic carbocycles. The van der Waals surface area contributed by atoms with Gasteiger partial charge in [0.05, 0.1) is 12.7 Å². The van der Waals surface area contributed by atoms with E-state index < -0.39 is 11.9 Å². The number of aromatic nitrogens is 1. The Bertz CT molecular complexity index is 700. The molecule has 2 aromatic rings. The summed E-state index contributed by atoms with van der Waals surface area (Å²) >= 11 is 0. The SMILES string of the molecule is COc1ccc(O)c(C(=O)Nc2cccc(C(=O)O)n2)c1. The first kappa shape index (κ1) is 14.3. The summed E-state index contributed by atoms with van der Waals surface area (Å²) in [6, 6.07) is 8.41. The van der Waals surface area contributed by atoms with Crippen molar-refractivity contribution in [1.29, 1.82) is 0 Å². The Labute approximate surface area is 119 Å². The fourth-order valence-corrected chi connectivity index (χ4v) is 1.63. The second kappa shape index (κ2) is 5.91. The Morgan fingerprint density at radius 3 is 2.67 bits per heavy atom. The minimum atomic E-state index is -1.20. The van der Waals surface area contributed by atoms with Crippen LogP contribution in [0.2, 0.25) is 0 Å². The molecule has 2 rings (SSSR count). The maximum Gasteiger partial charge on any atom is 0.354 e. The van der Waals surface area contributed by atoms with Crippen LogP contribution >= 0.6 is 0 Å².